The number of sulfonamides is 1. The van der Waals surface area contributed by atoms with Gasteiger partial charge in [-0.2, -0.15) is 0 Å². The maximum absolute atomic E-state index is 11.6. The van der Waals surface area contributed by atoms with Gasteiger partial charge in [-0.15, -0.1) is 0 Å². The maximum atomic E-state index is 11.6. The summed E-state index contributed by atoms with van der Waals surface area (Å²) in [5, 5.41) is 0. The van der Waals surface area contributed by atoms with E-state index < -0.39 is 10.0 Å². The highest BCUT2D eigenvalue weighted by atomic mass is 32.2. The van der Waals surface area contributed by atoms with Crippen molar-refractivity contribution in [3.8, 4) is 0 Å². The highest BCUT2D eigenvalue weighted by Crippen LogP contribution is 2.31. The third-order valence-electron chi connectivity index (χ3n) is 2.77. The fourth-order valence-electron chi connectivity index (χ4n) is 1.65. The van der Waals surface area contributed by atoms with Gasteiger partial charge in [-0.05, 0) is 26.2 Å². The van der Waals surface area contributed by atoms with Crippen molar-refractivity contribution in [2.45, 2.75) is 31.7 Å². The van der Waals surface area contributed by atoms with Crippen molar-refractivity contribution in [3.05, 3.63) is 0 Å². The lowest BCUT2D eigenvalue weighted by atomic mass is 9.78. The highest BCUT2D eigenvalue weighted by Gasteiger charge is 2.38. The monoisotopic (exact) mass is 236 g/mol. The first-order chi connectivity index (χ1) is 7.04. The Balaban J connectivity index is 2.41. The number of hydrogen-bond donors (Lipinski definition) is 2. The molecule has 1 saturated carbocycles. The van der Waals surface area contributed by atoms with Gasteiger partial charge in [-0.3, -0.25) is 0 Å². The second kappa shape index (κ2) is 5.25. The zero-order valence-electron chi connectivity index (χ0n) is 9.16. The molecular weight excluding hydrogens is 216 g/mol. The molecule has 1 aliphatic carbocycles. The third kappa shape index (κ3) is 3.71. The SMILES string of the molecule is CCOCCS(=O)(=O)NC1(CN)CCC1. The summed E-state index contributed by atoms with van der Waals surface area (Å²) in [6, 6.07) is 0. The van der Waals surface area contributed by atoms with E-state index in [2.05, 4.69) is 4.72 Å². The quantitative estimate of drug-likeness (QED) is 0.601. The first-order valence-corrected chi connectivity index (χ1v) is 6.98. The zero-order chi connectivity index (χ0) is 11.4. The molecule has 0 heterocycles. The molecule has 1 fully saturated rings. The molecule has 0 aliphatic heterocycles. The number of ether oxygens (including phenoxy) is 1. The number of hydrogen-bond acceptors (Lipinski definition) is 4. The van der Waals surface area contributed by atoms with Gasteiger partial charge >= 0.3 is 0 Å². The molecular formula is C9H20N2O3S. The number of nitrogens with two attached hydrogens (primary N) is 1. The molecule has 0 radical (unpaired) electrons. The summed E-state index contributed by atoms with van der Waals surface area (Å²) >= 11 is 0. The third-order valence-corrected chi connectivity index (χ3v) is 4.22. The van der Waals surface area contributed by atoms with Crippen molar-refractivity contribution in [1.29, 1.82) is 0 Å². The van der Waals surface area contributed by atoms with Crippen LogP contribution >= 0.6 is 0 Å². The summed E-state index contributed by atoms with van der Waals surface area (Å²) in [6.07, 6.45) is 2.74. The second-order valence-electron chi connectivity index (χ2n) is 3.96. The predicted molar refractivity (Wildman–Crippen MR) is 59.1 cm³/mol. The van der Waals surface area contributed by atoms with E-state index in [-0.39, 0.29) is 17.9 Å². The van der Waals surface area contributed by atoms with Gasteiger partial charge in [-0.25, -0.2) is 13.1 Å². The standard InChI is InChI=1S/C9H20N2O3S/c1-2-14-6-7-15(12,13)11-9(8-10)4-3-5-9/h11H,2-8,10H2,1H3. The van der Waals surface area contributed by atoms with Crippen LogP contribution in [0.15, 0.2) is 0 Å². The van der Waals surface area contributed by atoms with Crippen LogP contribution in [0.4, 0.5) is 0 Å². The summed E-state index contributed by atoms with van der Waals surface area (Å²) in [4.78, 5) is 0. The minimum atomic E-state index is -3.24. The Kier molecular flexibility index (Phi) is 4.51. The predicted octanol–water partition coefficient (Wildman–Crippen LogP) is -0.176. The first-order valence-electron chi connectivity index (χ1n) is 5.33. The fourth-order valence-corrected chi connectivity index (χ4v) is 3.03. The van der Waals surface area contributed by atoms with Crippen molar-refractivity contribution in [2.24, 2.45) is 5.73 Å². The van der Waals surface area contributed by atoms with Gasteiger partial charge in [-0.1, -0.05) is 0 Å². The Hall–Kier alpha value is -0.170. The lowest BCUT2D eigenvalue weighted by molar-refractivity contribution is 0.162. The van der Waals surface area contributed by atoms with Crippen LogP contribution in [0.5, 0.6) is 0 Å². The van der Waals surface area contributed by atoms with Gasteiger partial charge in [0.2, 0.25) is 10.0 Å². The van der Waals surface area contributed by atoms with Crippen LogP contribution in [-0.4, -0.2) is 39.5 Å². The molecule has 1 aliphatic rings. The molecule has 0 amide bonds. The molecule has 90 valence electrons. The van der Waals surface area contributed by atoms with E-state index in [0.29, 0.717) is 13.2 Å². The number of nitrogens with one attached hydrogen (secondary N) is 1. The summed E-state index contributed by atoms with van der Waals surface area (Å²) in [6.45, 7) is 3.00. The number of rotatable bonds is 7. The van der Waals surface area contributed by atoms with Crippen molar-refractivity contribution in [3.63, 3.8) is 0 Å². The maximum Gasteiger partial charge on any atom is 0.214 e. The van der Waals surface area contributed by atoms with E-state index in [0.717, 1.165) is 19.3 Å². The smallest absolute Gasteiger partial charge is 0.214 e. The molecule has 0 saturated heterocycles. The van der Waals surface area contributed by atoms with Crippen LogP contribution < -0.4 is 10.5 Å². The molecule has 3 N–H and O–H groups in total. The first kappa shape index (κ1) is 12.9. The van der Waals surface area contributed by atoms with Crippen molar-refractivity contribution in [2.75, 3.05) is 25.5 Å². The van der Waals surface area contributed by atoms with Crippen LogP contribution in [0.1, 0.15) is 26.2 Å². The van der Waals surface area contributed by atoms with E-state index >= 15 is 0 Å². The van der Waals surface area contributed by atoms with Gasteiger partial charge in [0, 0.05) is 18.7 Å². The molecule has 0 aromatic carbocycles. The van der Waals surface area contributed by atoms with Crippen LogP contribution in [0.25, 0.3) is 0 Å². The van der Waals surface area contributed by atoms with E-state index in [4.69, 9.17) is 10.5 Å². The lowest BCUT2D eigenvalue weighted by Gasteiger charge is -2.41. The molecule has 0 spiro atoms. The lowest BCUT2D eigenvalue weighted by Crippen LogP contribution is -2.58. The minimum absolute atomic E-state index is 0.0165. The molecule has 0 atom stereocenters. The largest absolute Gasteiger partial charge is 0.381 e. The fraction of sp³-hybridized carbons (Fsp3) is 1.00. The van der Waals surface area contributed by atoms with Gasteiger partial charge < -0.3 is 10.5 Å². The molecule has 0 unspecified atom stereocenters. The Morgan fingerprint density at radius 3 is 2.53 bits per heavy atom. The topological polar surface area (TPSA) is 81.4 Å². The molecule has 0 bridgehead atoms. The van der Waals surface area contributed by atoms with Gasteiger partial charge in [0.15, 0.2) is 0 Å². The molecule has 15 heavy (non-hydrogen) atoms. The normalized spacial score (nSPS) is 19.9. The van der Waals surface area contributed by atoms with Crippen LogP contribution in [0, 0.1) is 0 Å². The van der Waals surface area contributed by atoms with E-state index in [1.165, 1.54) is 0 Å². The minimum Gasteiger partial charge on any atom is -0.381 e. The average molecular weight is 236 g/mol. The highest BCUT2D eigenvalue weighted by molar-refractivity contribution is 7.89. The molecule has 5 nitrogen and oxygen atoms in total. The van der Waals surface area contributed by atoms with E-state index in [9.17, 15) is 8.42 Å². The van der Waals surface area contributed by atoms with Crippen LogP contribution in [0.2, 0.25) is 0 Å². The van der Waals surface area contributed by atoms with Gasteiger partial charge in [0.05, 0.1) is 12.4 Å². The Bertz CT molecular complexity index is 280. The Morgan fingerprint density at radius 1 is 1.47 bits per heavy atom. The van der Waals surface area contributed by atoms with Crippen molar-refractivity contribution in [1.82, 2.24) is 4.72 Å². The Morgan fingerprint density at radius 2 is 2.13 bits per heavy atom. The average Bonchev–Trinajstić information content (AvgIpc) is 2.12. The van der Waals surface area contributed by atoms with E-state index in [1.54, 1.807) is 0 Å². The van der Waals surface area contributed by atoms with Crippen molar-refractivity contribution >= 4 is 10.0 Å². The molecule has 0 aromatic heterocycles. The molecule has 6 heteroatoms. The summed E-state index contributed by atoms with van der Waals surface area (Å²) in [7, 11) is -3.24. The van der Waals surface area contributed by atoms with Crippen LogP contribution in [-0.2, 0) is 14.8 Å². The summed E-state index contributed by atoms with van der Waals surface area (Å²) < 4.78 is 31.0. The Labute approximate surface area is 91.4 Å². The molecule has 1 rings (SSSR count). The van der Waals surface area contributed by atoms with Gasteiger partial charge in [0.1, 0.15) is 0 Å². The summed E-state index contributed by atoms with van der Waals surface area (Å²) in [5.41, 5.74) is 5.20. The zero-order valence-corrected chi connectivity index (χ0v) is 9.98. The van der Waals surface area contributed by atoms with Crippen molar-refractivity contribution < 1.29 is 13.2 Å². The van der Waals surface area contributed by atoms with Gasteiger partial charge in [0.25, 0.3) is 0 Å². The summed E-state index contributed by atoms with van der Waals surface area (Å²) in [5.74, 6) is 0.0165. The van der Waals surface area contributed by atoms with Crippen LogP contribution in [0.3, 0.4) is 0 Å². The second-order valence-corrected chi connectivity index (χ2v) is 5.80. The molecule has 0 aromatic rings. The van der Waals surface area contributed by atoms with E-state index in [1.807, 2.05) is 6.92 Å².